The summed E-state index contributed by atoms with van der Waals surface area (Å²) in [7, 11) is 2.43. The third-order valence-corrected chi connectivity index (χ3v) is 5.02. The van der Waals surface area contributed by atoms with Gasteiger partial charge in [0.25, 0.3) is 0 Å². The Balaban J connectivity index is 2.30. The van der Waals surface area contributed by atoms with Gasteiger partial charge >= 0.3 is 11.9 Å². The molecule has 0 spiro atoms. The highest BCUT2D eigenvalue weighted by molar-refractivity contribution is 6.31. The van der Waals surface area contributed by atoms with Crippen LogP contribution in [0.15, 0.2) is 18.2 Å². The lowest BCUT2D eigenvalue weighted by Gasteiger charge is -2.20. The van der Waals surface area contributed by atoms with Gasteiger partial charge in [0, 0.05) is 16.3 Å². The first-order valence-electron chi connectivity index (χ1n) is 8.91. The lowest BCUT2D eigenvalue weighted by atomic mass is 10.1. The van der Waals surface area contributed by atoms with Crippen LogP contribution in [0, 0.1) is 20.8 Å². The van der Waals surface area contributed by atoms with Gasteiger partial charge in [0.2, 0.25) is 5.91 Å². The van der Waals surface area contributed by atoms with E-state index >= 15 is 0 Å². The molecule has 1 aromatic heterocycles. The molecule has 156 valence electrons. The Morgan fingerprint density at radius 1 is 1.07 bits per heavy atom. The maximum atomic E-state index is 12.8. The number of aryl methyl sites for hydroxylation is 2. The SMILES string of the molecule is COC(=O)CN(CC(=O)OC)C(=O)Cc1c(C)nn(-c2ccc(C)c(Cl)c2)c1C. The molecule has 0 unspecified atom stereocenters. The molecule has 0 aliphatic heterocycles. The molecule has 9 heteroatoms. The van der Waals surface area contributed by atoms with Gasteiger partial charge in [-0.3, -0.25) is 14.4 Å². The zero-order valence-corrected chi connectivity index (χ0v) is 17.9. The highest BCUT2D eigenvalue weighted by Crippen LogP contribution is 2.23. The average Bonchev–Trinajstić information content (AvgIpc) is 2.97. The molecule has 0 saturated heterocycles. The van der Waals surface area contributed by atoms with Gasteiger partial charge in [-0.15, -0.1) is 0 Å². The Kier molecular flexibility index (Phi) is 7.39. The minimum atomic E-state index is -0.624. The van der Waals surface area contributed by atoms with Crippen LogP contribution >= 0.6 is 11.6 Å². The predicted molar refractivity (Wildman–Crippen MR) is 107 cm³/mol. The molecule has 2 rings (SSSR count). The molecule has 0 saturated carbocycles. The molecule has 0 radical (unpaired) electrons. The quantitative estimate of drug-likeness (QED) is 0.636. The van der Waals surface area contributed by atoms with Crippen molar-refractivity contribution in [1.29, 1.82) is 0 Å². The summed E-state index contributed by atoms with van der Waals surface area (Å²) >= 11 is 6.22. The normalized spacial score (nSPS) is 10.6. The van der Waals surface area contributed by atoms with Crippen LogP contribution in [0.25, 0.3) is 5.69 Å². The standard InChI is InChI=1S/C20H24ClN3O5/c1-12-6-7-15(8-17(12)21)24-14(3)16(13(2)22-24)9-18(25)23(10-19(26)28-4)11-20(27)29-5/h6-8H,9-11H2,1-5H3. The van der Waals surface area contributed by atoms with Crippen LogP contribution in [-0.4, -0.2) is 59.8 Å². The monoisotopic (exact) mass is 421 g/mol. The predicted octanol–water partition coefficient (Wildman–Crippen LogP) is 2.17. The van der Waals surface area contributed by atoms with Gasteiger partial charge in [-0.05, 0) is 38.5 Å². The lowest BCUT2D eigenvalue weighted by molar-refractivity contribution is -0.151. The molecule has 0 N–H and O–H groups in total. The Morgan fingerprint density at radius 3 is 2.17 bits per heavy atom. The van der Waals surface area contributed by atoms with Gasteiger partial charge in [0.15, 0.2) is 0 Å². The summed E-state index contributed by atoms with van der Waals surface area (Å²) in [5, 5.41) is 5.14. The van der Waals surface area contributed by atoms with Gasteiger partial charge in [-0.1, -0.05) is 17.7 Å². The van der Waals surface area contributed by atoms with Crippen molar-refractivity contribution >= 4 is 29.4 Å². The van der Waals surface area contributed by atoms with Crippen molar-refractivity contribution in [3.63, 3.8) is 0 Å². The second-order valence-corrected chi connectivity index (χ2v) is 6.98. The van der Waals surface area contributed by atoms with Gasteiger partial charge < -0.3 is 14.4 Å². The summed E-state index contributed by atoms with van der Waals surface area (Å²) in [5.41, 5.74) is 3.89. The molecule has 1 aromatic carbocycles. The van der Waals surface area contributed by atoms with E-state index in [0.29, 0.717) is 16.3 Å². The molecule has 0 atom stereocenters. The first kappa shape index (κ1) is 22.4. The van der Waals surface area contributed by atoms with E-state index in [1.54, 1.807) is 11.6 Å². The second kappa shape index (κ2) is 9.56. The van der Waals surface area contributed by atoms with Gasteiger partial charge in [-0.2, -0.15) is 5.10 Å². The van der Waals surface area contributed by atoms with E-state index in [-0.39, 0.29) is 19.5 Å². The number of hydrogen-bond donors (Lipinski definition) is 0. The van der Waals surface area contributed by atoms with E-state index in [2.05, 4.69) is 14.6 Å². The summed E-state index contributed by atoms with van der Waals surface area (Å²) in [6, 6.07) is 5.60. The van der Waals surface area contributed by atoms with Crippen molar-refractivity contribution in [3.8, 4) is 5.69 Å². The smallest absolute Gasteiger partial charge is 0.325 e. The van der Waals surface area contributed by atoms with Gasteiger partial charge in [0.1, 0.15) is 13.1 Å². The molecular weight excluding hydrogens is 398 g/mol. The van der Waals surface area contributed by atoms with E-state index in [1.165, 1.54) is 14.2 Å². The minimum Gasteiger partial charge on any atom is -0.468 e. The third kappa shape index (κ3) is 5.35. The average molecular weight is 422 g/mol. The minimum absolute atomic E-state index is 0.0226. The number of carbonyl (C=O) groups is 3. The van der Waals surface area contributed by atoms with Crippen LogP contribution < -0.4 is 0 Å². The molecule has 8 nitrogen and oxygen atoms in total. The van der Waals surface area contributed by atoms with E-state index in [0.717, 1.165) is 21.8 Å². The van der Waals surface area contributed by atoms with Gasteiger partial charge in [0.05, 0.1) is 32.0 Å². The number of rotatable bonds is 7. The molecule has 0 aliphatic carbocycles. The van der Waals surface area contributed by atoms with Crippen molar-refractivity contribution < 1.29 is 23.9 Å². The fourth-order valence-corrected chi connectivity index (χ4v) is 3.01. The molecule has 0 bridgehead atoms. The molecular formula is C20H24ClN3O5. The van der Waals surface area contributed by atoms with Crippen molar-refractivity contribution in [3.05, 3.63) is 45.7 Å². The number of esters is 2. The molecule has 2 aromatic rings. The number of aromatic nitrogens is 2. The maximum Gasteiger partial charge on any atom is 0.325 e. The first-order chi connectivity index (χ1) is 13.7. The highest BCUT2D eigenvalue weighted by atomic mass is 35.5. The summed E-state index contributed by atoms with van der Waals surface area (Å²) < 4.78 is 10.9. The number of methoxy groups -OCH3 is 2. The van der Waals surface area contributed by atoms with Crippen LogP contribution in [0.1, 0.15) is 22.5 Å². The number of amides is 1. The number of carbonyl (C=O) groups excluding carboxylic acids is 3. The number of ether oxygens (including phenoxy) is 2. The zero-order chi connectivity index (χ0) is 21.7. The Hall–Kier alpha value is -2.87. The molecule has 29 heavy (non-hydrogen) atoms. The molecule has 1 heterocycles. The van der Waals surface area contributed by atoms with E-state index in [4.69, 9.17) is 11.6 Å². The Labute approximate surface area is 174 Å². The fraction of sp³-hybridized carbons (Fsp3) is 0.400. The molecule has 1 amide bonds. The summed E-state index contributed by atoms with van der Waals surface area (Å²) in [6.07, 6.45) is -0.0226. The van der Waals surface area contributed by atoms with Crippen LogP contribution in [0.4, 0.5) is 0 Å². The van der Waals surface area contributed by atoms with Crippen LogP contribution in [0.5, 0.6) is 0 Å². The van der Waals surface area contributed by atoms with Crippen molar-refractivity contribution in [2.24, 2.45) is 0 Å². The van der Waals surface area contributed by atoms with E-state index in [9.17, 15) is 14.4 Å². The molecule has 0 aliphatic rings. The van der Waals surface area contributed by atoms with E-state index in [1.807, 2.05) is 32.0 Å². The van der Waals surface area contributed by atoms with Crippen LogP contribution in [0.2, 0.25) is 5.02 Å². The zero-order valence-electron chi connectivity index (χ0n) is 17.1. The highest BCUT2D eigenvalue weighted by Gasteiger charge is 2.24. The van der Waals surface area contributed by atoms with Crippen LogP contribution in [-0.2, 0) is 30.3 Å². The number of nitrogens with zero attached hydrogens (tertiary/aromatic N) is 3. The van der Waals surface area contributed by atoms with Crippen molar-refractivity contribution in [1.82, 2.24) is 14.7 Å². The third-order valence-electron chi connectivity index (χ3n) is 4.62. The maximum absolute atomic E-state index is 12.8. The first-order valence-corrected chi connectivity index (χ1v) is 9.28. The summed E-state index contributed by atoms with van der Waals surface area (Å²) in [5.74, 6) is -1.66. The Morgan fingerprint density at radius 2 is 1.66 bits per heavy atom. The lowest BCUT2D eigenvalue weighted by Crippen LogP contribution is -2.41. The largest absolute Gasteiger partial charge is 0.468 e. The fourth-order valence-electron chi connectivity index (χ4n) is 2.83. The van der Waals surface area contributed by atoms with Crippen LogP contribution in [0.3, 0.4) is 0 Å². The number of hydrogen-bond acceptors (Lipinski definition) is 6. The Bertz CT molecular complexity index is 920. The number of halogens is 1. The summed E-state index contributed by atoms with van der Waals surface area (Å²) in [4.78, 5) is 37.2. The topological polar surface area (TPSA) is 90.7 Å². The second-order valence-electron chi connectivity index (χ2n) is 6.57. The summed E-state index contributed by atoms with van der Waals surface area (Å²) in [6.45, 7) is 4.87. The van der Waals surface area contributed by atoms with Gasteiger partial charge in [-0.25, -0.2) is 4.68 Å². The van der Waals surface area contributed by atoms with Crippen molar-refractivity contribution in [2.45, 2.75) is 27.2 Å². The van der Waals surface area contributed by atoms with Crippen molar-refractivity contribution in [2.75, 3.05) is 27.3 Å². The molecule has 0 fully saturated rings. The van der Waals surface area contributed by atoms with E-state index < -0.39 is 17.8 Å². The number of benzene rings is 1.